The number of benzene rings is 3. The molecule has 2 aromatic heterocycles. The number of hydrogen-bond donors (Lipinski definition) is 3. The van der Waals surface area contributed by atoms with Gasteiger partial charge in [-0.3, -0.25) is 38.6 Å². The third-order valence-corrected chi connectivity index (χ3v) is 17.5. The summed E-state index contributed by atoms with van der Waals surface area (Å²) in [5, 5.41) is 14.5. The molecular weight excluding hydrogens is 1060 g/mol. The van der Waals surface area contributed by atoms with Gasteiger partial charge in [0, 0.05) is 114 Å². The lowest BCUT2D eigenvalue weighted by atomic mass is 9.83. The van der Waals surface area contributed by atoms with Crippen LogP contribution in [0.25, 0.3) is 10.8 Å². The molecule has 2 atom stereocenters. The molecule has 6 heterocycles. The van der Waals surface area contributed by atoms with Crippen LogP contribution in [0.1, 0.15) is 114 Å². The first kappa shape index (κ1) is 58.8. The fourth-order valence-corrected chi connectivity index (χ4v) is 12.8. The number of carbonyl (C=O) groups excluding carboxylic acids is 5. The zero-order chi connectivity index (χ0) is 57.8. The van der Waals surface area contributed by atoms with Gasteiger partial charge in [-0.2, -0.15) is 10.1 Å². The molecule has 0 bridgehead atoms. The summed E-state index contributed by atoms with van der Waals surface area (Å²) in [4.78, 5) is 102. The number of aromatic amines is 1. The molecule has 0 unspecified atom stereocenters. The van der Waals surface area contributed by atoms with Crippen LogP contribution in [0.15, 0.2) is 77.7 Å². The minimum absolute atomic E-state index is 0.00185. The summed E-state index contributed by atoms with van der Waals surface area (Å²) in [6.07, 6.45) is 10.6. The summed E-state index contributed by atoms with van der Waals surface area (Å²) in [5.74, 6) is -0.210. The van der Waals surface area contributed by atoms with Crippen molar-refractivity contribution in [3.8, 4) is 11.9 Å². The van der Waals surface area contributed by atoms with Crippen molar-refractivity contribution in [2.75, 3.05) is 112 Å². The van der Waals surface area contributed by atoms with Gasteiger partial charge in [-0.15, -0.1) is 0 Å². The van der Waals surface area contributed by atoms with Crippen molar-refractivity contribution in [2.24, 2.45) is 11.8 Å². The average molecular weight is 1140 g/mol. The van der Waals surface area contributed by atoms with Crippen LogP contribution >= 0.6 is 0 Å². The predicted octanol–water partition coefficient (Wildman–Crippen LogP) is 4.87. The Bertz CT molecular complexity index is 3150. The fourth-order valence-electron chi connectivity index (χ4n) is 12.8. The second-order valence-electron chi connectivity index (χ2n) is 22.9. The van der Waals surface area contributed by atoms with Crippen molar-refractivity contribution in [3.63, 3.8) is 0 Å². The Labute approximate surface area is 484 Å². The van der Waals surface area contributed by atoms with Crippen LogP contribution in [0.5, 0.6) is 11.9 Å². The van der Waals surface area contributed by atoms with Gasteiger partial charge in [0.25, 0.3) is 17.4 Å². The lowest BCUT2D eigenvalue weighted by Gasteiger charge is -2.41. The summed E-state index contributed by atoms with van der Waals surface area (Å²) >= 11 is 0. The fraction of sp³-hybridized carbons (Fsp3) is 0.532. The van der Waals surface area contributed by atoms with Crippen LogP contribution in [0.4, 0.5) is 4.39 Å². The number of rotatable bonds is 19. The van der Waals surface area contributed by atoms with E-state index in [1.165, 1.54) is 13.2 Å². The average Bonchev–Trinajstić information content (AvgIpc) is 3.61. The second-order valence-corrected chi connectivity index (χ2v) is 22.9. The summed E-state index contributed by atoms with van der Waals surface area (Å²) < 4.78 is 26.0. The zero-order valence-corrected chi connectivity index (χ0v) is 48.0. The highest BCUT2D eigenvalue weighted by molar-refractivity contribution is 5.98. The molecule has 0 spiro atoms. The standard InChI is InChI=1S/C62H79FN12O8/c1-3-83-59-48(37-65-62(67-59)82-2)36-64-38-54(76)75-22-10-15-47(40-75)45-13-9-14-46(35-45)57(78)66-56(44-11-5-4-6-12-44)61(81)74-27-25-71(26-28-74)39-42-20-23-70(24-21-42)41-55(77)72-29-31-73(32-30-72)60(80)51-33-43(18-19-52(51)63)34-53-49-16-7-8-17-50(49)58(79)69-68-53/h7-9,13-14,16-19,33,35,37,42,44,47,56,64H,3-6,10-12,15,20-32,34,36,38-41H2,1-2H3,(H,66,78)(H,69,79)/t47-,56+/m0/s1. The Morgan fingerprint density at radius 2 is 1.51 bits per heavy atom. The molecule has 0 radical (unpaired) electrons. The number of nitrogens with one attached hydrogen (secondary N) is 3. The number of H-pyrrole nitrogens is 1. The van der Waals surface area contributed by atoms with E-state index in [4.69, 9.17) is 9.47 Å². The molecule has 20 nitrogen and oxygen atoms in total. The smallest absolute Gasteiger partial charge is 0.319 e. The van der Waals surface area contributed by atoms with E-state index >= 15 is 4.39 Å². The van der Waals surface area contributed by atoms with E-state index in [-0.39, 0.29) is 59.1 Å². The van der Waals surface area contributed by atoms with E-state index in [2.05, 4.69) is 40.6 Å². The van der Waals surface area contributed by atoms with E-state index in [0.717, 1.165) is 102 Å². The highest BCUT2D eigenvalue weighted by atomic mass is 19.1. The third-order valence-electron chi connectivity index (χ3n) is 17.5. The first-order valence-electron chi connectivity index (χ1n) is 29.9. The second kappa shape index (κ2) is 27.8. The number of fused-ring (bicyclic) bond motifs is 1. The summed E-state index contributed by atoms with van der Waals surface area (Å²) in [5.41, 5.74) is 3.25. The number of halogens is 1. The van der Waals surface area contributed by atoms with Gasteiger partial charge in [0.2, 0.25) is 23.6 Å². The molecule has 4 aliphatic heterocycles. The van der Waals surface area contributed by atoms with Crippen molar-refractivity contribution in [1.29, 1.82) is 0 Å². The van der Waals surface area contributed by atoms with Gasteiger partial charge in [-0.25, -0.2) is 14.5 Å². The molecule has 10 rings (SSSR count). The number of piperidine rings is 2. The van der Waals surface area contributed by atoms with E-state index in [0.29, 0.717) is 118 Å². The predicted molar refractivity (Wildman–Crippen MR) is 311 cm³/mol. The number of amides is 5. The highest BCUT2D eigenvalue weighted by Crippen LogP contribution is 2.31. The van der Waals surface area contributed by atoms with Crippen molar-refractivity contribution in [3.05, 3.63) is 123 Å². The summed E-state index contributed by atoms with van der Waals surface area (Å²) in [6, 6.07) is 19.0. The van der Waals surface area contributed by atoms with Crippen molar-refractivity contribution in [2.45, 2.75) is 89.6 Å². The molecule has 3 aromatic carbocycles. The van der Waals surface area contributed by atoms with E-state index < -0.39 is 17.8 Å². The molecule has 5 aromatic rings. The largest absolute Gasteiger partial charge is 0.478 e. The van der Waals surface area contributed by atoms with E-state index in [9.17, 15) is 28.8 Å². The van der Waals surface area contributed by atoms with Gasteiger partial charge < -0.3 is 39.7 Å². The molecule has 83 heavy (non-hydrogen) atoms. The van der Waals surface area contributed by atoms with Crippen molar-refractivity contribution < 1.29 is 37.8 Å². The van der Waals surface area contributed by atoms with Crippen LogP contribution < -0.4 is 25.7 Å². The minimum Gasteiger partial charge on any atom is -0.478 e. The van der Waals surface area contributed by atoms with Crippen molar-refractivity contribution in [1.82, 2.24) is 60.2 Å². The topological polar surface area (TPSA) is 219 Å². The summed E-state index contributed by atoms with van der Waals surface area (Å²) in [6.45, 7) is 11.0. The Hall–Kier alpha value is -7.36. The molecule has 21 heteroatoms. The summed E-state index contributed by atoms with van der Waals surface area (Å²) in [7, 11) is 1.50. The van der Waals surface area contributed by atoms with E-state index in [1.807, 2.05) is 53.1 Å². The van der Waals surface area contributed by atoms with Crippen molar-refractivity contribution >= 4 is 40.3 Å². The van der Waals surface area contributed by atoms with Gasteiger partial charge >= 0.3 is 6.01 Å². The van der Waals surface area contributed by atoms with Crippen LogP contribution in [0, 0.1) is 17.7 Å². The lowest BCUT2D eigenvalue weighted by Crippen LogP contribution is -2.57. The number of hydrogen-bond acceptors (Lipinski definition) is 14. The molecule has 442 valence electrons. The van der Waals surface area contributed by atoms with Gasteiger partial charge in [-0.1, -0.05) is 55.7 Å². The number of methoxy groups -OCH3 is 1. The quantitative estimate of drug-likeness (QED) is 0.101. The number of ether oxygens (including phenoxy) is 2. The molecule has 5 fully saturated rings. The van der Waals surface area contributed by atoms with Gasteiger partial charge in [0.1, 0.15) is 11.9 Å². The molecular formula is C62H79FN12O8. The van der Waals surface area contributed by atoms with Crippen LogP contribution in [-0.4, -0.2) is 197 Å². The lowest BCUT2D eigenvalue weighted by molar-refractivity contribution is -0.137. The number of nitrogens with zero attached hydrogens (tertiary/aromatic N) is 9. The molecule has 3 N–H and O–H groups in total. The molecule has 1 aliphatic carbocycles. The minimum atomic E-state index is -0.611. The Morgan fingerprint density at radius 3 is 2.27 bits per heavy atom. The number of piperazine rings is 2. The number of likely N-dealkylation sites (tertiary alicyclic amines) is 2. The molecule has 5 amide bonds. The highest BCUT2D eigenvalue weighted by Gasteiger charge is 2.37. The van der Waals surface area contributed by atoms with Crippen LogP contribution in [0.3, 0.4) is 0 Å². The maximum atomic E-state index is 15.2. The van der Waals surface area contributed by atoms with Gasteiger partial charge in [0.05, 0.1) is 43.4 Å². The molecule has 1 saturated carbocycles. The number of carbonyl (C=O) groups is 5. The van der Waals surface area contributed by atoms with Gasteiger partial charge in [0.15, 0.2) is 0 Å². The zero-order valence-electron chi connectivity index (χ0n) is 48.0. The van der Waals surface area contributed by atoms with E-state index in [1.54, 1.807) is 40.3 Å². The number of aromatic nitrogens is 4. The van der Waals surface area contributed by atoms with Crippen LogP contribution in [-0.2, 0) is 27.3 Å². The monoisotopic (exact) mass is 1140 g/mol. The SMILES string of the molecule is CCOc1nc(OC)ncc1CNCC(=O)N1CCC[C@H](c2cccc(C(=O)N[C@@H](C(=O)N3CCN(CC4CCN(CC(=O)N5CCN(C(=O)c6cc(Cc7n[nH]c(=O)c8ccccc78)ccc6F)CC5)CC4)CC3)C3CCCCC3)c2)C1. The first-order chi connectivity index (χ1) is 40.4. The van der Waals surface area contributed by atoms with Gasteiger partial charge in [-0.05, 0) is 112 Å². The maximum Gasteiger partial charge on any atom is 0.319 e. The maximum absolute atomic E-state index is 15.2. The first-order valence-corrected chi connectivity index (χ1v) is 29.9. The Morgan fingerprint density at radius 1 is 0.759 bits per heavy atom. The molecule has 5 aliphatic rings. The third kappa shape index (κ3) is 14.7. The Kier molecular flexibility index (Phi) is 19.7. The normalized spacial score (nSPS) is 19.1. The Balaban J connectivity index is 0.650. The molecule has 4 saturated heterocycles. The van der Waals surface area contributed by atoms with Crippen LogP contribution in [0.2, 0.25) is 0 Å².